The van der Waals surface area contributed by atoms with Crippen molar-refractivity contribution in [1.82, 2.24) is 29.8 Å². The van der Waals surface area contributed by atoms with Gasteiger partial charge in [-0.25, -0.2) is 0 Å². The number of allylic oxidation sites excluding steroid dienone is 2. The van der Waals surface area contributed by atoms with E-state index in [4.69, 9.17) is 17.0 Å². The normalized spacial score (nSPS) is 14.0. The summed E-state index contributed by atoms with van der Waals surface area (Å²) in [6.07, 6.45) is 10.5. The summed E-state index contributed by atoms with van der Waals surface area (Å²) in [4.78, 5) is 73.7. The molecule has 2 aliphatic rings. The summed E-state index contributed by atoms with van der Waals surface area (Å²) in [5.74, 6) is -6.65. The summed E-state index contributed by atoms with van der Waals surface area (Å²) in [5.41, 5.74) is 1.95. The number of nitrogens with zero attached hydrogens (tertiary/aromatic N) is 5. The van der Waals surface area contributed by atoms with Gasteiger partial charge < -0.3 is 63.8 Å². The monoisotopic (exact) mass is 904 g/mol. The zero-order valence-corrected chi connectivity index (χ0v) is 35.1. The average molecular weight is 905 g/mol. The number of carbonyl (C=O) groups excluding carboxylic acids is 1. The second-order valence-electron chi connectivity index (χ2n) is 14.9. The first-order valence-electron chi connectivity index (χ1n) is 20.0. The molecule has 20 nitrogen and oxygen atoms in total. The Bertz CT molecular complexity index is 2050. The van der Waals surface area contributed by atoms with Crippen LogP contribution in [0.2, 0.25) is 0 Å². The molecule has 3 heterocycles. The van der Waals surface area contributed by atoms with Gasteiger partial charge in [0.1, 0.15) is 12.0 Å². The number of rotatable bonds is 29. The Hall–Kier alpha value is -6.24. The molecule has 2 aliphatic heterocycles. The topological polar surface area (TPSA) is 267 Å². The van der Waals surface area contributed by atoms with Crippen LogP contribution in [-0.4, -0.2) is 181 Å². The van der Waals surface area contributed by atoms with Crippen molar-refractivity contribution in [1.29, 1.82) is 0 Å². The van der Waals surface area contributed by atoms with Crippen LogP contribution >= 0.6 is 12.2 Å². The number of fused-ring (bicyclic) bond motifs is 2. The number of benzene rings is 1. The third-order valence-corrected chi connectivity index (χ3v) is 10.1. The molecule has 4 rings (SSSR count). The molecule has 1 unspecified atom stereocenters. The van der Waals surface area contributed by atoms with Gasteiger partial charge in [-0.2, -0.15) is 0 Å². The van der Waals surface area contributed by atoms with Crippen LogP contribution in [0.4, 0.5) is 14.3 Å². The van der Waals surface area contributed by atoms with E-state index in [0.29, 0.717) is 41.6 Å². The van der Waals surface area contributed by atoms with Crippen LogP contribution in [0.5, 0.6) is 5.75 Å². The molecule has 1 amide bonds. The molecule has 0 aliphatic carbocycles. The van der Waals surface area contributed by atoms with Crippen molar-refractivity contribution in [3.63, 3.8) is 0 Å². The van der Waals surface area contributed by atoms with Gasteiger partial charge in [0.15, 0.2) is 17.4 Å². The summed E-state index contributed by atoms with van der Waals surface area (Å²) in [5, 5.41) is 56.4. The number of carboxylic acids is 5. The van der Waals surface area contributed by atoms with Gasteiger partial charge in [0.2, 0.25) is 0 Å². The Labute approximate surface area is 366 Å². The lowest BCUT2D eigenvalue weighted by atomic mass is 9.92. The molecule has 0 radical (unpaired) electrons. The minimum Gasteiger partial charge on any atom is -0.482 e. The lowest BCUT2D eigenvalue weighted by Gasteiger charge is -2.34. The fourth-order valence-electron chi connectivity index (χ4n) is 7.01. The SMILES string of the molecule is O=C(O)CN(CCN(CC(=O)O)CC(Cc1ccc(NC(=S)NCCCCCCNC(=O)COc2cc3n(c2)[B-](F)(F)[N+]2=CC=CC2=C3)cc1)N(CC(=O)O)CC(=O)O)CC(=O)O. The molecule has 1 atom stereocenters. The summed E-state index contributed by atoms with van der Waals surface area (Å²) >= 11 is 5.42. The number of nitrogens with one attached hydrogen (secondary N) is 3. The zero-order valence-electron chi connectivity index (χ0n) is 34.2. The Morgan fingerprint density at radius 1 is 0.794 bits per heavy atom. The van der Waals surface area contributed by atoms with Gasteiger partial charge in [0.05, 0.1) is 32.7 Å². The van der Waals surface area contributed by atoms with Crippen LogP contribution in [0.15, 0.2) is 54.4 Å². The number of halogens is 2. The lowest BCUT2D eigenvalue weighted by Crippen LogP contribution is -2.51. The number of ether oxygens (including phenoxy) is 1. The minimum atomic E-state index is -4.05. The highest BCUT2D eigenvalue weighted by atomic mass is 32.1. The number of aliphatic carboxylic acids is 5. The van der Waals surface area contributed by atoms with Gasteiger partial charge in [-0.05, 0) is 49.2 Å². The predicted octanol–water partition coefficient (Wildman–Crippen LogP) is 1.00. The van der Waals surface area contributed by atoms with E-state index in [9.17, 15) is 62.9 Å². The smallest absolute Gasteiger partial charge is 0.482 e. The summed E-state index contributed by atoms with van der Waals surface area (Å²) in [6, 6.07) is 7.50. The lowest BCUT2D eigenvalue weighted by molar-refractivity contribution is -0.355. The molecule has 63 heavy (non-hydrogen) atoms. The van der Waals surface area contributed by atoms with Crippen molar-refractivity contribution in [3.05, 3.63) is 65.6 Å². The van der Waals surface area contributed by atoms with E-state index < -0.39 is 75.6 Å². The second-order valence-corrected chi connectivity index (χ2v) is 15.3. The molecular weight excluding hydrogens is 853 g/mol. The number of thiocarbonyl (C=S) groups is 1. The molecule has 1 aromatic heterocycles. The maximum absolute atomic E-state index is 14.9. The minimum absolute atomic E-state index is 0.0972. The van der Waals surface area contributed by atoms with Gasteiger partial charge in [-0.15, -0.1) is 0 Å². The van der Waals surface area contributed by atoms with Crippen molar-refractivity contribution in [2.75, 3.05) is 77.4 Å². The van der Waals surface area contributed by atoms with Gasteiger partial charge in [-0.3, -0.25) is 43.5 Å². The third-order valence-electron chi connectivity index (χ3n) is 9.87. The van der Waals surface area contributed by atoms with E-state index in [1.54, 1.807) is 42.5 Å². The van der Waals surface area contributed by atoms with Crippen LogP contribution in [0.1, 0.15) is 36.9 Å². The standard InChI is InChI=1S/C39H51BF2N8O12S/c41-40(42)49-13-5-6-29(49)17-30-18-32(20-50(30)40)62-26-33(51)43-11-3-1-2-4-12-44-39(63)45-28-9-7-27(8-10-28)16-31(48(24-37(58)59)25-38(60)61)19-46(21-34(52)53)14-15-47(22-35(54)55)23-36(56)57/h5-10,13,17-18,20,31H,1-4,11-12,14-16,19,21-26H2,(H,43,51)(H,52,53)(H,54,55)(H,56,57)(H,58,59)(H,60,61)(H2,44,45,63). The number of unbranched alkanes of at least 4 members (excludes halogenated alkanes) is 3. The molecule has 24 heteroatoms. The third kappa shape index (κ3) is 16.5. The number of hydrogen-bond acceptors (Lipinski definition) is 11. The molecular formula is C39H51BF2N8O12S. The number of aromatic nitrogens is 1. The van der Waals surface area contributed by atoms with Crippen LogP contribution in [0.25, 0.3) is 6.08 Å². The zero-order chi connectivity index (χ0) is 46.1. The number of carboxylic acid groups (broad SMARTS) is 5. The maximum Gasteiger partial charge on any atom is 0.737 e. The van der Waals surface area contributed by atoms with Crippen molar-refractivity contribution >= 4 is 78.0 Å². The van der Waals surface area contributed by atoms with Crippen molar-refractivity contribution in [3.8, 4) is 5.75 Å². The fourth-order valence-corrected chi connectivity index (χ4v) is 7.23. The highest BCUT2D eigenvalue weighted by Gasteiger charge is 2.49. The van der Waals surface area contributed by atoms with Crippen LogP contribution < -0.4 is 20.7 Å². The van der Waals surface area contributed by atoms with E-state index in [2.05, 4.69) is 16.0 Å². The van der Waals surface area contributed by atoms with Crippen LogP contribution in [0.3, 0.4) is 0 Å². The highest BCUT2D eigenvalue weighted by Crippen LogP contribution is 2.32. The number of carbonyl (C=O) groups is 6. The molecule has 342 valence electrons. The first kappa shape index (κ1) is 49.4. The number of amides is 1. The first-order chi connectivity index (χ1) is 29.9. The maximum atomic E-state index is 14.9. The van der Waals surface area contributed by atoms with Gasteiger partial charge in [0, 0.05) is 80.6 Å². The van der Waals surface area contributed by atoms with Crippen molar-refractivity contribution < 1.29 is 72.2 Å². The quantitative estimate of drug-likeness (QED) is 0.0322. The van der Waals surface area contributed by atoms with Crippen LogP contribution in [-0.2, 0) is 35.2 Å². The van der Waals surface area contributed by atoms with Crippen LogP contribution in [0, 0.1) is 0 Å². The molecule has 8 N–H and O–H groups in total. The van der Waals surface area contributed by atoms with Gasteiger partial charge >= 0.3 is 36.8 Å². The summed E-state index contributed by atoms with van der Waals surface area (Å²) < 4.78 is 37.0. The Balaban J connectivity index is 1.19. The number of hydrogen-bond donors (Lipinski definition) is 8. The van der Waals surface area contributed by atoms with E-state index in [0.717, 1.165) is 33.1 Å². The van der Waals surface area contributed by atoms with Crippen molar-refractivity contribution in [2.24, 2.45) is 0 Å². The van der Waals surface area contributed by atoms with E-state index in [1.807, 2.05) is 0 Å². The molecule has 0 bridgehead atoms. The van der Waals surface area contributed by atoms with E-state index in [1.165, 1.54) is 28.3 Å². The molecule has 0 fully saturated rings. The Kier molecular flexibility index (Phi) is 18.7. The largest absolute Gasteiger partial charge is 0.737 e. The molecule has 0 spiro atoms. The van der Waals surface area contributed by atoms with Gasteiger partial charge in [-0.1, -0.05) is 25.0 Å². The molecule has 2 aromatic rings. The summed E-state index contributed by atoms with van der Waals surface area (Å²) in [6.45, 7) is -6.92. The van der Waals surface area contributed by atoms with Crippen molar-refractivity contribution in [2.45, 2.75) is 38.1 Å². The van der Waals surface area contributed by atoms with E-state index >= 15 is 0 Å². The first-order valence-corrected chi connectivity index (χ1v) is 20.4. The summed E-state index contributed by atoms with van der Waals surface area (Å²) in [7, 11) is 0. The van der Waals surface area contributed by atoms with E-state index in [-0.39, 0.29) is 50.0 Å². The molecule has 0 saturated carbocycles. The molecule has 1 aromatic carbocycles. The fraction of sp³-hybridized carbons (Fsp3) is 0.436. The Morgan fingerprint density at radius 3 is 1.97 bits per heavy atom. The van der Waals surface area contributed by atoms with Gasteiger partial charge in [0.25, 0.3) is 5.91 Å². The number of anilines is 1. The highest BCUT2D eigenvalue weighted by molar-refractivity contribution is 7.80. The second kappa shape index (κ2) is 23.8. The molecule has 0 saturated heterocycles. The predicted molar refractivity (Wildman–Crippen MR) is 229 cm³/mol. The Morgan fingerprint density at radius 2 is 1.37 bits per heavy atom. The average Bonchev–Trinajstić information content (AvgIpc) is 3.85.